The Morgan fingerprint density at radius 1 is 1.50 bits per heavy atom. The van der Waals surface area contributed by atoms with Crippen LogP contribution in [0.5, 0.6) is 0 Å². The maximum Gasteiger partial charge on any atom is 0.0861 e. The summed E-state index contributed by atoms with van der Waals surface area (Å²) >= 11 is 0. The lowest BCUT2D eigenvalue weighted by molar-refractivity contribution is 0.160. The van der Waals surface area contributed by atoms with Crippen LogP contribution in [0.2, 0.25) is 0 Å². The van der Waals surface area contributed by atoms with Gasteiger partial charge in [-0.05, 0) is 27.2 Å². The van der Waals surface area contributed by atoms with Crippen molar-refractivity contribution in [2.45, 2.75) is 33.2 Å². The van der Waals surface area contributed by atoms with Gasteiger partial charge in [-0.2, -0.15) is 0 Å². The number of ether oxygens (including phenoxy) is 1. The Balaban J connectivity index is 2.64. The van der Waals surface area contributed by atoms with E-state index in [1.54, 1.807) is 0 Å². The van der Waals surface area contributed by atoms with Crippen molar-refractivity contribution in [2.75, 3.05) is 19.8 Å². The van der Waals surface area contributed by atoms with E-state index >= 15 is 0 Å². The van der Waals surface area contributed by atoms with Crippen molar-refractivity contribution < 1.29 is 4.74 Å². The van der Waals surface area contributed by atoms with Crippen LogP contribution in [-0.4, -0.2) is 30.7 Å². The second kappa shape index (κ2) is 4.51. The van der Waals surface area contributed by atoms with Crippen LogP contribution in [0.3, 0.4) is 0 Å². The van der Waals surface area contributed by atoms with Gasteiger partial charge in [-0.25, -0.2) is 0 Å². The summed E-state index contributed by atoms with van der Waals surface area (Å²) in [6.07, 6.45) is 3.31. The molecule has 0 unspecified atom stereocenters. The van der Waals surface area contributed by atoms with Gasteiger partial charge >= 0.3 is 0 Å². The third-order valence-corrected chi connectivity index (χ3v) is 2.26. The van der Waals surface area contributed by atoms with Crippen LogP contribution in [0.4, 0.5) is 0 Å². The first-order valence-corrected chi connectivity index (χ1v) is 4.75. The Hall–Kier alpha value is -0.500. The second-order valence-corrected chi connectivity index (χ2v) is 3.47. The zero-order chi connectivity index (χ0) is 8.97. The number of hydrogen-bond acceptors (Lipinski definition) is 2. The molecule has 0 spiro atoms. The summed E-state index contributed by atoms with van der Waals surface area (Å²) in [5, 5.41) is 0. The Morgan fingerprint density at radius 2 is 2.25 bits per heavy atom. The molecule has 1 heterocycles. The summed E-state index contributed by atoms with van der Waals surface area (Å²) in [4.78, 5) is 2.42. The van der Waals surface area contributed by atoms with E-state index in [4.69, 9.17) is 4.74 Å². The van der Waals surface area contributed by atoms with E-state index in [1.807, 2.05) is 0 Å². The second-order valence-electron chi connectivity index (χ2n) is 3.47. The lowest BCUT2D eigenvalue weighted by Crippen LogP contribution is -2.31. The molecular weight excluding hydrogens is 150 g/mol. The van der Waals surface area contributed by atoms with Crippen molar-refractivity contribution >= 4 is 0 Å². The lowest BCUT2D eigenvalue weighted by atomic mass is 10.2. The molecule has 1 rings (SSSR count). The highest BCUT2D eigenvalue weighted by molar-refractivity contribution is 5.02. The molecule has 0 aromatic carbocycles. The highest BCUT2D eigenvalue weighted by Gasteiger charge is 2.14. The molecule has 0 saturated carbocycles. The smallest absolute Gasteiger partial charge is 0.0861 e. The summed E-state index contributed by atoms with van der Waals surface area (Å²) in [5.41, 5.74) is 1.34. The quantitative estimate of drug-likeness (QED) is 0.595. The van der Waals surface area contributed by atoms with Crippen LogP contribution >= 0.6 is 0 Å². The molecule has 0 aliphatic carbocycles. The monoisotopic (exact) mass is 169 g/mol. The van der Waals surface area contributed by atoms with Crippen LogP contribution in [0.15, 0.2) is 11.8 Å². The van der Waals surface area contributed by atoms with Gasteiger partial charge in [0.2, 0.25) is 0 Å². The Morgan fingerprint density at radius 3 is 2.83 bits per heavy atom. The van der Waals surface area contributed by atoms with Crippen molar-refractivity contribution in [1.29, 1.82) is 0 Å². The van der Waals surface area contributed by atoms with Gasteiger partial charge in [-0.3, -0.25) is 0 Å². The summed E-state index contributed by atoms with van der Waals surface area (Å²) in [6.45, 7) is 9.37. The van der Waals surface area contributed by atoms with E-state index in [1.165, 1.54) is 5.70 Å². The van der Waals surface area contributed by atoms with E-state index < -0.39 is 0 Å². The number of rotatable bonds is 1. The third-order valence-electron chi connectivity index (χ3n) is 2.26. The largest absolute Gasteiger partial charge is 0.375 e. The normalized spacial score (nSPS) is 23.3. The predicted molar refractivity (Wildman–Crippen MR) is 51.0 cm³/mol. The molecule has 0 aromatic heterocycles. The van der Waals surface area contributed by atoms with Gasteiger partial charge in [-0.1, -0.05) is 6.08 Å². The molecule has 70 valence electrons. The van der Waals surface area contributed by atoms with Crippen molar-refractivity contribution in [3.05, 3.63) is 11.8 Å². The molecule has 0 atom stereocenters. The maximum absolute atomic E-state index is 5.47. The van der Waals surface area contributed by atoms with Crippen molar-refractivity contribution in [3.63, 3.8) is 0 Å². The van der Waals surface area contributed by atoms with Gasteiger partial charge in [0.25, 0.3) is 0 Å². The van der Waals surface area contributed by atoms with Crippen molar-refractivity contribution in [3.8, 4) is 0 Å². The van der Waals surface area contributed by atoms with Gasteiger partial charge in [0.1, 0.15) is 0 Å². The first-order valence-electron chi connectivity index (χ1n) is 4.75. The topological polar surface area (TPSA) is 12.5 Å². The fraction of sp³-hybridized carbons (Fsp3) is 0.800. The van der Waals surface area contributed by atoms with Crippen LogP contribution < -0.4 is 0 Å². The molecule has 0 amide bonds. The fourth-order valence-corrected chi connectivity index (χ4v) is 1.58. The van der Waals surface area contributed by atoms with Gasteiger partial charge in [0, 0.05) is 24.9 Å². The molecule has 0 radical (unpaired) electrons. The van der Waals surface area contributed by atoms with Crippen LogP contribution in [0.25, 0.3) is 0 Å². The molecule has 1 fully saturated rings. The van der Waals surface area contributed by atoms with E-state index in [-0.39, 0.29) is 0 Å². The molecule has 0 N–H and O–H groups in total. The highest BCUT2D eigenvalue weighted by Crippen LogP contribution is 2.13. The molecule has 0 bridgehead atoms. The highest BCUT2D eigenvalue weighted by atomic mass is 16.5. The average molecular weight is 169 g/mol. The maximum atomic E-state index is 5.47. The van der Waals surface area contributed by atoms with Gasteiger partial charge in [-0.15, -0.1) is 0 Å². The minimum Gasteiger partial charge on any atom is -0.375 e. The van der Waals surface area contributed by atoms with E-state index in [0.29, 0.717) is 6.04 Å². The van der Waals surface area contributed by atoms with Crippen molar-refractivity contribution in [2.24, 2.45) is 0 Å². The molecule has 1 aliphatic heterocycles. The van der Waals surface area contributed by atoms with E-state index in [0.717, 1.165) is 26.2 Å². The van der Waals surface area contributed by atoms with Gasteiger partial charge in [0.15, 0.2) is 0 Å². The average Bonchev–Trinajstić information content (AvgIpc) is 2.27. The minimum absolute atomic E-state index is 0.595. The molecule has 0 aromatic rings. The Kier molecular flexibility index (Phi) is 3.60. The molecule has 1 aliphatic rings. The van der Waals surface area contributed by atoms with Gasteiger partial charge < -0.3 is 9.64 Å². The summed E-state index contributed by atoms with van der Waals surface area (Å²) < 4.78 is 5.47. The zero-order valence-corrected chi connectivity index (χ0v) is 8.34. The van der Waals surface area contributed by atoms with Crippen molar-refractivity contribution in [1.82, 2.24) is 4.90 Å². The van der Waals surface area contributed by atoms with E-state index in [9.17, 15) is 0 Å². The number of nitrogens with zero attached hydrogens (tertiary/aromatic N) is 1. The lowest BCUT2D eigenvalue weighted by Gasteiger charge is -2.28. The minimum atomic E-state index is 0.595. The van der Waals surface area contributed by atoms with Crippen LogP contribution in [0, 0.1) is 0 Å². The number of hydrogen-bond donors (Lipinski definition) is 0. The molecule has 12 heavy (non-hydrogen) atoms. The standard InChI is InChI=1S/C10H19NO/c1-4-10-8-12-7-5-6-11(10)9(2)3/h4,9H,5-8H2,1-3H3/b10-4-. The summed E-state index contributed by atoms with van der Waals surface area (Å²) in [5.74, 6) is 0. The third kappa shape index (κ3) is 2.24. The number of allylic oxidation sites excluding steroid dienone is 1. The summed E-state index contributed by atoms with van der Waals surface area (Å²) in [7, 11) is 0. The van der Waals surface area contributed by atoms with Gasteiger partial charge in [0.05, 0.1) is 6.61 Å². The van der Waals surface area contributed by atoms with E-state index in [2.05, 4.69) is 31.7 Å². The fourth-order valence-electron chi connectivity index (χ4n) is 1.58. The molecule has 1 saturated heterocycles. The summed E-state index contributed by atoms with van der Waals surface area (Å²) in [6, 6.07) is 0.595. The molecule has 2 nitrogen and oxygen atoms in total. The molecular formula is C10H19NO. The first-order chi connectivity index (χ1) is 5.75. The Labute approximate surface area is 75.2 Å². The SMILES string of the molecule is C/C=C1/COCCCN1C(C)C. The first kappa shape index (κ1) is 9.59. The van der Waals surface area contributed by atoms with Crippen LogP contribution in [0.1, 0.15) is 27.2 Å². The van der Waals surface area contributed by atoms with Crippen LogP contribution in [-0.2, 0) is 4.74 Å². The molecule has 2 heteroatoms. The predicted octanol–water partition coefficient (Wildman–Crippen LogP) is 2.02. The zero-order valence-electron chi connectivity index (χ0n) is 8.34. The Bertz CT molecular complexity index is 163.